The van der Waals surface area contributed by atoms with Crippen molar-refractivity contribution in [1.29, 1.82) is 0 Å². The van der Waals surface area contributed by atoms with Crippen LogP contribution in [0.15, 0.2) is 18.2 Å². The molecule has 2 amide bonds. The Morgan fingerprint density at radius 1 is 1.36 bits per heavy atom. The van der Waals surface area contributed by atoms with E-state index >= 15 is 0 Å². The summed E-state index contributed by atoms with van der Waals surface area (Å²) in [5, 5.41) is 6.96. The van der Waals surface area contributed by atoms with Crippen LogP contribution in [0.4, 0.5) is 11.4 Å². The van der Waals surface area contributed by atoms with Crippen LogP contribution in [0, 0.1) is 6.92 Å². The summed E-state index contributed by atoms with van der Waals surface area (Å²) >= 11 is 1.11. The van der Waals surface area contributed by atoms with Gasteiger partial charge >= 0.3 is 0 Å². The van der Waals surface area contributed by atoms with Crippen LogP contribution in [0.3, 0.4) is 0 Å². The Bertz CT molecular complexity index is 787. The first-order valence-corrected chi connectivity index (χ1v) is 9.41. The van der Waals surface area contributed by atoms with Gasteiger partial charge in [-0.2, -0.15) is 0 Å². The van der Waals surface area contributed by atoms with E-state index in [1.807, 2.05) is 36.9 Å². The van der Waals surface area contributed by atoms with Gasteiger partial charge in [-0.3, -0.25) is 9.59 Å². The number of anilines is 2. The van der Waals surface area contributed by atoms with Gasteiger partial charge in [0.05, 0.1) is 5.69 Å². The lowest BCUT2D eigenvalue weighted by molar-refractivity contribution is -0.119. The molecule has 0 bridgehead atoms. The molecular weight excluding hydrogens is 336 g/mol. The van der Waals surface area contributed by atoms with Gasteiger partial charge in [0.15, 0.2) is 0 Å². The molecule has 3 rings (SSSR count). The summed E-state index contributed by atoms with van der Waals surface area (Å²) in [7, 11) is 0. The molecule has 132 valence electrons. The maximum Gasteiger partial charge on any atom is 0.269 e. The van der Waals surface area contributed by atoms with Gasteiger partial charge in [0.25, 0.3) is 5.91 Å². The highest BCUT2D eigenvalue weighted by Gasteiger charge is 2.22. The van der Waals surface area contributed by atoms with Crippen molar-refractivity contribution in [3.8, 4) is 0 Å². The molecule has 1 aromatic carbocycles. The summed E-state index contributed by atoms with van der Waals surface area (Å²) in [5.41, 5.74) is 3.32. The van der Waals surface area contributed by atoms with Crippen LogP contribution < -0.4 is 10.2 Å². The molecule has 1 aliphatic rings. The van der Waals surface area contributed by atoms with Crippen LogP contribution in [-0.4, -0.2) is 27.9 Å². The second-order valence-corrected chi connectivity index (χ2v) is 7.01. The quantitative estimate of drug-likeness (QED) is 0.886. The molecule has 0 radical (unpaired) electrons. The smallest absolute Gasteiger partial charge is 0.269 e. The van der Waals surface area contributed by atoms with Crippen molar-refractivity contribution >= 4 is 34.7 Å². The zero-order valence-corrected chi connectivity index (χ0v) is 15.4. The molecule has 0 saturated carbocycles. The van der Waals surface area contributed by atoms with E-state index in [1.54, 1.807) is 0 Å². The third-order valence-corrected chi connectivity index (χ3v) is 5.10. The van der Waals surface area contributed by atoms with Gasteiger partial charge in [-0.1, -0.05) is 23.9 Å². The summed E-state index contributed by atoms with van der Waals surface area (Å²) in [5.74, 6) is -0.0482. The second-order valence-electron chi connectivity index (χ2n) is 6.26. The van der Waals surface area contributed by atoms with Crippen molar-refractivity contribution in [2.24, 2.45) is 0 Å². The fourth-order valence-electron chi connectivity index (χ4n) is 3.01. The lowest BCUT2D eigenvalue weighted by Gasteiger charge is -2.28. The summed E-state index contributed by atoms with van der Waals surface area (Å²) < 4.78 is 3.90. The minimum Gasteiger partial charge on any atom is -0.321 e. The lowest BCUT2D eigenvalue weighted by Crippen LogP contribution is -2.35. The molecule has 0 aliphatic carbocycles. The van der Waals surface area contributed by atoms with Gasteiger partial charge in [0, 0.05) is 24.3 Å². The Labute approximate surface area is 151 Å². The molecular formula is C18H22N4O2S. The number of aromatic nitrogens is 2. The number of rotatable bonds is 5. The summed E-state index contributed by atoms with van der Waals surface area (Å²) in [6.07, 6.45) is 4.19. The van der Waals surface area contributed by atoms with Crippen LogP contribution in [0.5, 0.6) is 0 Å². The topological polar surface area (TPSA) is 75.2 Å². The Morgan fingerprint density at radius 2 is 2.20 bits per heavy atom. The van der Waals surface area contributed by atoms with Gasteiger partial charge in [0.1, 0.15) is 4.88 Å². The number of hydrogen-bond acceptors (Lipinski definition) is 5. The van der Waals surface area contributed by atoms with Gasteiger partial charge in [0.2, 0.25) is 5.91 Å². The first kappa shape index (κ1) is 17.5. The van der Waals surface area contributed by atoms with Crippen molar-refractivity contribution in [3.05, 3.63) is 34.3 Å². The number of amides is 2. The third-order valence-electron chi connectivity index (χ3n) is 4.33. The van der Waals surface area contributed by atoms with E-state index in [9.17, 15) is 9.59 Å². The highest BCUT2D eigenvalue weighted by Crippen LogP contribution is 2.28. The number of nitrogens with one attached hydrogen (secondary N) is 1. The standard InChI is InChI=1S/C18H22N4O2S/c1-3-6-14-17(25-21-20-14)18(24)19-13-9-8-12(2)15(11-13)22-10-5-4-7-16(22)23/h8-9,11H,3-7,10H2,1-2H3,(H,19,24). The predicted octanol–water partition coefficient (Wildman–Crippen LogP) is 3.57. The van der Waals surface area contributed by atoms with Crippen molar-refractivity contribution in [2.45, 2.75) is 46.0 Å². The molecule has 0 unspecified atom stereocenters. The highest BCUT2D eigenvalue weighted by atomic mass is 32.1. The van der Waals surface area contributed by atoms with Crippen LogP contribution in [0.2, 0.25) is 0 Å². The summed E-state index contributed by atoms with van der Waals surface area (Å²) in [4.78, 5) is 27.1. The monoisotopic (exact) mass is 358 g/mol. The Balaban J connectivity index is 1.81. The molecule has 2 heterocycles. The first-order valence-electron chi connectivity index (χ1n) is 8.63. The summed E-state index contributed by atoms with van der Waals surface area (Å²) in [6, 6.07) is 5.67. The molecule has 7 heteroatoms. The molecule has 1 fully saturated rings. The van der Waals surface area contributed by atoms with Gasteiger partial charge in [-0.05, 0) is 55.4 Å². The minimum atomic E-state index is -0.196. The maximum absolute atomic E-state index is 12.5. The van der Waals surface area contributed by atoms with Crippen molar-refractivity contribution in [2.75, 3.05) is 16.8 Å². The van der Waals surface area contributed by atoms with Crippen LogP contribution in [0.1, 0.15) is 53.5 Å². The van der Waals surface area contributed by atoms with E-state index in [0.717, 1.165) is 60.7 Å². The second kappa shape index (κ2) is 7.74. The van der Waals surface area contributed by atoms with Crippen molar-refractivity contribution in [1.82, 2.24) is 9.59 Å². The number of benzene rings is 1. The molecule has 1 aromatic heterocycles. The Morgan fingerprint density at radius 3 is 2.96 bits per heavy atom. The average molecular weight is 358 g/mol. The zero-order chi connectivity index (χ0) is 17.8. The Kier molecular flexibility index (Phi) is 5.43. The van der Waals surface area contributed by atoms with Crippen LogP contribution >= 0.6 is 11.5 Å². The molecule has 1 N–H and O–H groups in total. The fourth-order valence-corrected chi connectivity index (χ4v) is 3.61. The SMILES string of the molecule is CCCc1nnsc1C(=O)Nc1ccc(C)c(N2CCCCC2=O)c1. The van der Waals surface area contributed by atoms with Crippen molar-refractivity contribution < 1.29 is 9.59 Å². The van der Waals surface area contributed by atoms with Crippen molar-refractivity contribution in [3.63, 3.8) is 0 Å². The summed E-state index contributed by atoms with van der Waals surface area (Å²) in [6.45, 7) is 4.76. The highest BCUT2D eigenvalue weighted by molar-refractivity contribution is 7.08. The molecule has 1 aliphatic heterocycles. The Hall–Kier alpha value is -2.28. The molecule has 0 atom stereocenters. The fraction of sp³-hybridized carbons (Fsp3) is 0.444. The van der Waals surface area contributed by atoms with E-state index in [4.69, 9.17) is 0 Å². The first-order chi connectivity index (χ1) is 12.1. The largest absolute Gasteiger partial charge is 0.321 e. The molecule has 1 saturated heterocycles. The van der Waals surface area contributed by atoms with Crippen LogP contribution in [-0.2, 0) is 11.2 Å². The third kappa shape index (κ3) is 3.87. The number of hydrogen-bond donors (Lipinski definition) is 1. The minimum absolute atomic E-state index is 0.148. The van der Waals surface area contributed by atoms with E-state index in [0.29, 0.717) is 17.0 Å². The van der Waals surface area contributed by atoms with Gasteiger partial charge in [-0.25, -0.2) is 0 Å². The normalized spacial score (nSPS) is 14.6. The van der Waals surface area contributed by atoms with Gasteiger partial charge < -0.3 is 10.2 Å². The van der Waals surface area contributed by atoms with E-state index in [1.165, 1.54) is 0 Å². The number of aryl methyl sites for hydroxylation is 2. The average Bonchev–Trinajstić information content (AvgIpc) is 3.06. The molecule has 2 aromatic rings. The van der Waals surface area contributed by atoms with E-state index < -0.39 is 0 Å². The number of carbonyl (C=O) groups is 2. The van der Waals surface area contributed by atoms with Gasteiger partial charge in [-0.15, -0.1) is 5.10 Å². The number of carbonyl (C=O) groups excluding carboxylic acids is 2. The molecule has 6 nitrogen and oxygen atoms in total. The van der Waals surface area contributed by atoms with E-state index in [-0.39, 0.29) is 11.8 Å². The molecule has 0 spiro atoms. The number of piperidine rings is 1. The molecule has 25 heavy (non-hydrogen) atoms. The lowest BCUT2D eigenvalue weighted by atomic mass is 10.1. The number of nitrogens with zero attached hydrogens (tertiary/aromatic N) is 3. The van der Waals surface area contributed by atoms with Crippen LogP contribution in [0.25, 0.3) is 0 Å². The predicted molar refractivity (Wildman–Crippen MR) is 99.2 cm³/mol. The van der Waals surface area contributed by atoms with E-state index in [2.05, 4.69) is 14.9 Å². The maximum atomic E-state index is 12.5. The zero-order valence-electron chi connectivity index (χ0n) is 14.5.